The van der Waals surface area contributed by atoms with Crippen molar-refractivity contribution < 1.29 is 4.42 Å². The molecule has 0 saturated carbocycles. The molecular weight excluding hydrogens is 276 g/mol. The molecule has 22 heavy (non-hydrogen) atoms. The third kappa shape index (κ3) is 3.90. The van der Waals surface area contributed by atoms with Crippen molar-refractivity contribution in [3.05, 3.63) is 24.2 Å². The lowest BCUT2D eigenvalue weighted by Gasteiger charge is -2.41. The second kappa shape index (κ2) is 7.59. The molecule has 0 aromatic carbocycles. The molecule has 3 rings (SSSR count). The van der Waals surface area contributed by atoms with Gasteiger partial charge in [0.15, 0.2) is 0 Å². The summed E-state index contributed by atoms with van der Waals surface area (Å²) in [5.41, 5.74) is 0. The minimum atomic E-state index is 0.382. The number of hydrogen-bond donors (Lipinski definition) is 1. The van der Waals surface area contributed by atoms with Crippen LogP contribution in [0.5, 0.6) is 0 Å². The lowest BCUT2D eigenvalue weighted by atomic mass is 10.1. The van der Waals surface area contributed by atoms with Crippen molar-refractivity contribution in [1.82, 2.24) is 20.0 Å². The maximum Gasteiger partial charge on any atom is 0.122 e. The number of hydrogen-bond acceptors (Lipinski definition) is 5. The molecule has 1 aromatic rings. The summed E-state index contributed by atoms with van der Waals surface area (Å²) in [4.78, 5) is 7.73. The fourth-order valence-electron chi connectivity index (χ4n) is 3.64. The second-order valence-electron chi connectivity index (χ2n) is 6.62. The molecule has 3 heterocycles. The number of piperazine rings is 2. The summed E-state index contributed by atoms with van der Waals surface area (Å²) in [6, 6.07) is 5.10. The Morgan fingerprint density at radius 2 is 2.00 bits per heavy atom. The quantitative estimate of drug-likeness (QED) is 0.886. The lowest BCUT2D eigenvalue weighted by molar-refractivity contribution is 0.0691. The van der Waals surface area contributed by atoms with Crippen molar-refractivity contribution in [3.63, 3.8) is 0 Å². The van der Waals surface area contributed by atoms with Crippen LogP contribution < -0.4 is 5.32 Å². The van der Waals surface area contributed by atoms with Gasteiger partial charge in [-0.3, -0.25) is 9.80 Å². The third-order valence-electron chi connectivity index (χ3n) is 5.06. The Kier molecular flexibility index (Phi) is 5.52. The molecule has 0 aliphatic carbocycles. The van der Waals surface area contributed by atoms with Crippen molar-refractivity contribution in [1.29, 1.82) is 0 Å². The van der Waals surface area contributed by atoms with Crippen LogP contribution in [0, 0.1) is 0 Å². The third-order valence-corrected chi connectivity index (χ3v) is 5.06. The highest BCUT2D eigenvalue weighted by molar-refractivity contribution is 5.06. The first-order valence-electron chi connectivity index (χ1n) is 8.72. The molecule has 1 N–H and O–H groups in total. The average Bonchev–Trinajstić information content (AvgIpc) is 3.07. The van der Waals surface area contributed by atoms with Crippen molar-refractivity contribution in [2.75, 3.05) is 58.9 Å². The van der Waals surface area contributed by atoms with E-state index in [1.807, 2.05) is 12.3 Å². The van der Waals surface area contributed by atoms with E-state index in [1.54, 1.807) is 0 Å². The smallest absolute Gasteiger partial charge is 0.122 e. The van der Waals surface area contributed by atoms with Crippen LogP contribution in [0.25, 0.3) is 0 Å². The van der Waals surface area contributed by atoms with Gasteiger partial charge in [0.05, 0.1) is 12.3 Å². The topological polar surface area (TPSA) is 34.9 Å². The fraction of sp³-hybridized carbons (Fsp3) is 0.765. The molecule has 0 amide bonds. The molecule has 2 fully saturated rings. The number of furan rings is 1. The van der Waals surface area contributed by atoms with Gasteiger partial charge in [0, 0.05) is 58.4 Å². The first-order valence-corrected chi connectivity index (χ1v) is 8.72. The molecule has 1 aromatic heterocycles. The highest BCUT2D eigenvalue weighted by Crippen LogP contribution is 2.24. The zero-order chi connectivity index (χ0) is 15.4. The summed E-state index contributed by atoms with van der Waals surface area (Å²) >= 11 is 0. The maximum atomic E-state index is 5.77. The summed E-state index contributed by atoms with van der Waals surface area (Å²) < 4.78 is 5.77. The molecule has 2 saturated heterocycles. The Morgan fingerprint density at radius 3 is 2.64 bits per heavy atom. The van der Waals surface area contributed by atoms with Gasteiger partial charge in [-0.15, -0.1) is 0 Å². The zero-order valence-corrected chi connectivity index (χ0v) is 14.0. The summed E-state index contributed by atoms with van der Waals surface area (Å²) in [6.07, 6.45) is 1.81. The van der Waals surface area contributed by atoms with Crippen LogP contribution in [0.2, 0.25) is 0 Å². The Bertz CT molecular complexity index is 428. The van der Waals surface area contributed by atoms with E-state index in [4.69, 9.17) is 4.42 Å². The van der Waals surface area contributed by atoms with Crippen LogP contribution in [-0.4, -0.2) is 79.6 Å². The fourth-order valence-corrected chi connectivity index (χ4v) is 3.64. The van der Waals surface area contributed by atoms with E-state index in [2.05, 4.69) is 39.9 Å². The first-order chi connectivity index (χ1) is 10.8. The number of nitrogens with one attached hydrogen (secondary N) is 1. The number of likely N-dealkylation sites (N-methyl/N-ethyl adjacent to an activating group) is 1. The van der Waals surface area contributed by atoms with Gasteiger partial charge in [-0.1, -0.05) is 6.92 Å². The highest BCUT2D eigenvalue weighted by Gasteiger charge is 2.29. The molecule has 2 aliphatic rings. The van der Waals surface area contributed by atoms with Crippen molar-refractivity contribution in [2.45, 2.75) is 25.9 Å². The summed E-state index contributed by atoms with van der Waals surface area (Å²) in [5, 5.41) is 3.54. The lowest BCUT2D eigenvalue weighted by Crippen LogP contribution is -2.54. The van der Waals surface area contributed by atoms with Gasteiger partial charge >= 0.3 is 0 Å². The molecule has 2 aliphatic heterocycles. The summed E-state index contributed by atoms with van der Waals surface area (Å²) in [7, 11) is 0. The first kappa shape index (κ1) is 16.0. The predicted octanol–water partition coefficient (Wildman–Crippen LogP) is 1.25. The molecule has 5 nitrogen and oxygen atoms in total. The van der Waals surface area contributed by atoms with Crippen LogP contribution in [0.3, 0.4) is 0 Å². The van der Waals surface area contributed by atoms with Gasteiger partial charge in [-0.05, 0) is 25.6 Å². The molecule has 2 atom stereocenters. The van der Waals surface area contributed by atoms with Crippen LogP contribution in [0.4, 0.5) is 0 Å². The maximum absolute atomic E-state index is 5.77. The van der Waals surface area contributed by atoms with Crippen LogP contribution in [0.1, 0.15) is 25.6 Å². The van der Waals surface area contributed by atoms with Crippen LogP contribution >= 0.6 is 0 Å². The number of rotatable bonds is 5. The molecule has 0 spiro atoms. The van der Waals surface area contributed by atoms with Crippen LogP contribution in [-0.2, 0) is 0 Å². The largest absolute Gasteiger partial charge is 0.468 e. The van der Waals surface area contributed by atoms with Gasteiger partial charge in [0.25, 0.3) is 0 Å². The second-order valence-corrected chi connectivity index (χ2v) is 6.62. The predicted molar refractivity (Wildman–Crippen MR) is 89.0 cm³/mol. The molecule has 124 valence electrons. The summed E-state index contributed by atoms with van der Waals surface area (Å²) in [5.74, 6) is 1.12. The number of nitrogens with zero attached hydrogens (tertiary/aromatic N) is 3. The van der Waals surface area contributed by atoms with Crippen LogP contribution in [0.15, 0.2) is 22.8 Å². The molecule has 2 unspecified atom stereocenters. The average molecular weight is 306 g/mol. The normalized spacial score (nSPS) is 27.1. The Hall–Kier alpha value is -0.880. The van der Waals surface area contributed by atoms with Crippen molar-refractivity contribution in [2.24, 2.45) is 0 Å². The van der Waals surface area contributed by atoms with Gasteiger partial charge < -0.3 is 14.6 Å². The van der Waals surface area contributed by atoms with Crippen molar-refractivity contribution in [3.8, 4) is 0 Å². The summed E-state index contributed by atoms with van der Waals surface area (Å²) in [6.45, 7) is 14.8. The van der Waals surface area contributed by atoms with E-state index in [-0.39, 0.29) is 0 Å². The van der Waals surface area contributed by atoms with Gasteiger partial charge in [-0.2, -0.15) is 0 Å². The molecule has 0 radical (unpaired) electrons. The van der Waals surface area contributed by atoms with Gasteiger partial charge in [0.1, 0.15) is 5.76 Å². The Balaban J connectivity index is 1.64. The van der Waals surface area contributed by atoms with Gasteiger partial charge in [-0.25, -0.2) is 0 Å². The highest BCUT2D eigenvalue weighted by atomic mass is 16.3. The van der Waals surface area contributed by atoms with E-state index < -0.39 is 0 Å². The Labute approximate surface area is 134 Å². The minimum absolute atomic E-state index is 0.382. The Morgan fingerprint density at radius 1 is 1.23 bits per heavy atom. The van der Waals surface area contributed by atoms with Crippen molar-refractivity contribution >= 4 is 0 Å². The molecule has 5 heteroatoms. The van der Waals surface area contributed by atoms with E-state index in [1.165, 1.54) is 32.7 Å². The van der Waals surface area contributed by atoms with E-state index in [0.29, 0.717) is 12.1 Å². The molecular formula is C17H30N4O. The SMILES string of the molecule is CCN1CCN(CC(c2ccco2)N2CCNC(C)C2)CC1. The monoisotopic (exact) mass is 306 g/mol. The zero-order valence-electron chi connectivity index (χ0n) is 14.0. The van der Waals surface area contributed by atoms with E-state index in [0.717, 1.165) is 31.9 Å². The minimum Gasteiger partial charge on any atom is -0.468 e. The molecule has 0 bridgehead atoms. The van der Waals surface area contributed by atoms with E-state index >= 15 is 0 Å². The van der Waals surface area contributed by atoms with E-state index in [9.17, 15) is 0 Å². The van der Waals surface area contributed by atoms with Gasteiger partial charge in [0.2, 0.25) is 0 Å². The standard InChI is InChI=1S/C17H30N4O/c1-3-19-8-10-20(11-9-19)14-16(17-5-4-12-22-17)21-7-6-18-15(2)13-21/h4-5,12,15-16,18H,3,6-11,13-14H2,1-2H3.